The van der Waals surface area contributed by atoms with E-state index in [2.05, 4.69) is 10.6 Å². The highest BCUT2D eigenvalue weighted by Crippen LogP contribution is 2.23. The van der Waals surface area contributed by atoms with E-state index >= 15 is 0 Å². The molecule has 1 aliphatic carbocycles. The number of nitrogens with one attached hydrogen (secondary N) is 2. The lowest BCUT2D eigenvalue weighted by Crippen LogP contribution is -2.46. The second-order valence-corrected chi connectivity index (χ2v) is 4.95. The Kier molecular flexibility index (Phi) is 6.41. The van der Waals surface area contributed by atoms with Gasteiger partial charge in [-0.05, 0) is 12.8 Å². The molecule has 7 heteroatoms. The van der Waals surface area contributed by atoms with Gasteiger partial charge in [0.15, 0.2) is 0 Å². The van der Waals surface area contributed by atoms with Crippen LogP contribution in [0.3, 0.4) is 0 Å². The molecule has 0 saturated heterocycles. The molecule has 0 heterocycles. The zero-order valence-electron chi connectivity index (χ0n) is 10.8. The van der Waals surface area contributed by atoms with E-state index in [4.69, 9.17) is 0 Å². The first-order valence-electron chi connectivity index (χ1n) is 6.64. The highest BCUT2D eigenvalue weighted by atomic mass is 19.4. The van der Waals surface area contributed by atoms with Gasteiger partial charge in [0, 0.05) is 25.1 Å². The fraction of sp³-hybridized carbons (Fsp3) is 0.917. The van der Waals surface area contributed by atoms with Gasteiger partial charge in [-0.15, -0.1) is 0 Å². The first-order valence-corrected chi connectivity index (χ1v) is 6.64. The maximum atomic E-state index is 11.9. The normalized spacial score (nSPS) is 24.6. The molecule has 0 spiro atoms. The third-order valence-corrected chi connectivity index (χ3v) is 3.40. The minimum Gasteiger partial charge on any atom is -0.396 e. The Morgan fingerprint density at radius 3 is 2.53 bits per heavy atom. The molecule has 4 nitrogen and oxygen atoms in total. The second kappa shape index (κ2) is 7.57. The maximum absolute atomic E-state index is 11.9. The molecule has 0 radical (unpaired) electrons. The van der Waals surface area contributed by atoms with Crippen LogP contribution < -0.4 is 10.6 Å². The molecule has 0 aromatic heterocycles. The molecule has 1 aliphatic rings. The Hall–Kier alpha value is -0.980. The predicted octanol–water partition coefficient (Wildman–Crippen LogP) is 2.18. The van der Waals surface area contributed by atoms with E-state index < -0.39 is 25.2 Å². The van der Waals surface area contributed by atoms with Crippen molar-refractivity contribution in [3.8, 4) is 0 Å². The van der Waals surface area contributed by atoms with Crippen molar-refractivity contribution in [1.29, 1.82) is 0 Å². The van der Waals surface area contributed by atoms with E-state index in [1.165, 1.54) is 0 Å². The highest BCUT2D eigenvalue weighted by Gasteiger charge is 2.27. The number of carbonyl (C=O) groups is 1. The first kappa shape index (κ1) is 16.1. The fourth-order valence-corrected chi connectivity index (χ4v) is 2.33. The van der Waals surface area contributed by atoms with E-state index in [0.29, 0.717) is 0 Å². The van der Waals surface area contributed by atoms with Crippen molar-refractivity contribution in [2.75, 3.05) is 13.2 Å². The van der Waals surface area contributed by atoms with Crippen LogP contribution in [0.1, 0.15) is 38.5 Å². The Morgan fingerprint density at radius 1 is 1.21 bits per heavy atom. The molecule has 0 aromatic rings. The minimum atomic E-state index is -4.26. The number of rotatable bonds is 4. The van der Waals surface area contributed by atoms with Gasteiger partial charge >= 0.3 is 12.2 Å². The number of hydrogen-bond acceptors (Lipinski definition) is 2. The molecule has 2 unspecified atom stereocenters. The third-order valence-electron chi connectivity index (χ3n) is 3.40. The molecule has 1 saturated carbocycles. The minimum absolute atomic E-state index is 0.00383. The van der Waals surface area contributed by atoms with Gasteiger partial charge in [-0.25, -0.2) is 4.79 Å². The van der Waals surface area contributed by atoms with Crippen molar-refractivity contribution in [3.05, 3.63) is 0 Å². The summed E-state index contributed by atoms with van der Waals surface area (Å²) in [7, 11) is 0. The second-order valence-electron chi connectivity index (χ2n) is 4.95. The summed E-state index contributed by atoms with van der Waals surface area (Å²) in [6.45, 7) is -0.431. The van der Waals surface area contributed by atoms with Gasteiger partial charge in [-0.2, -0.15) is 13.2 Å². The van der Waals surface area contributed by atoms with E-state index in [1.54, 1.807) is 0 Å². The monoisotopic (exact) mass is 282 g/mol. The summed E-state index contributed by atoms with van der Waals surface area (Å²) in [6, 6.07) is -0.743. The largest absolute Gasteiger partial charge is 0.396 e. The molecular formula is C12H21F3N2O2. The lowest BCUT2D eigenvalue weighted by atomic mass is 9.96. The number of hydrogen-bond donors (Lipinski definition) is 3. The molecule has 1 rings (SSSR count). The molecule has 0 aliphatic heterocycles. The standard InChI is InChI=1S/C12H21F3N2O2/c13-12(14,15)6-7-16-11(19)17-10-5-3-1-2-4-9(10)8-18/h9-10,18H,1-8H2,(H2,16,17,19). The Balaban J connectivity index is 2.32. The van der Waals surface area contributed by atoms with Crippen LogP contribution in [-0.2, 0) is 0 Å². The summed E-state index contributed by atoms with van der Waals surface area (Å²) >= 11 is 0. The van der Waals surface area contributed by atoms with Gasteiger partial charge in [0.05, 0.1) is 6.42 Å². The van der Waals surface area contributed by atoms with E-state index in [-0.39, 0.29) is 18.6 Å². The predicted molar refractivity (Wildman–Crippen MR) is 64.7 cm³/mol. The maximum Gasteiger partial charge on any atom is 0.390 e. The molecule has 1 fully saturated rings. The quantitative estimate of drug-likeness (QED) is 0.692. The number of carbonyl (C=O) groups excluding carboxylic acids is 1. The smallest absolute Gasteiger partial charge is 0.390 e. The molecule has 2 atom stereocenters. The number of halogens is 3. The van der Waals surface area contributed by atoms with E-state index in [0.717, 1.165) is 32.1 Å². The van der Waals surface area contributed by atoms with Crippen molar-refractivity contribution >= 4 is 6.03 Å². The third kappa shape index (κ3) is 6.66. The Labute approximate surface area is 110 Å². The molecule has 3 N–H and O–H groups in total. The molecule has 2 amide bonds. The Morgan fingerprint density at radius 2 is 1.89 bits per heavy atom. The SMILES string of the molecule is O=C(NCCC(F)(F)F)NC1CCCCCC1CO. The zero-order valence-corrected chi connectivity index (χ0v) is 10.8. The summed E-state index contributed by atoms with van der Waals surface area (Å²) < 4.78 is 35.8. The van der Waals surface area contributed by atoms with Gasteiger partial charge in [0.1, 0.15) is 0 Å². The van der Waals surface area contributed by atoms with Crippen LogP contribution in [0.2, 0.25) is 0 Å². The first-order chi connectivity index (χ1) is 8.92. The van der Waals surface area contributed by atoms with Gasteiger partial charge in [-0.3, -0.25) is 0 Å². The average molecular weight is 282 g/mol. The lowest BCUT2D eigenvalue weighted by Gasteiger charge is -2.24. The van der Waals surface area contributed by atoms with Gasteiger partial charge in [-0.1, -0.05) is 19.3 Å². The van der Waals surface area contributed by atoms with Crippen LogP contribution in [0.15, 0.2) is 0 Å². The number of aliphatic hydroxyl groups is 1. The highest BCUT2D eigenvalue weighted by molar-refractivity contribution is 5.74. The van der Waals surface area contributed by atoms with Crippen LogP contribution in [0, 0.1) is 5.92 Å². The van der Waals surface area contributed by atoms with Crippen molar-refractivity contribution < 1.29 is 23.1 Å². The van der Waals surface area contributed by atoms with Crippen molar-refractivity contribution in [2.45, 2.75) is 50.7 Å². The van der Waals surface area contributed by atoms with Crippen molar-refractivity contribution in [3.63, 3.8) is 0 Å². The molecule has 19 heavy (non-hydrogen) atoms. The zero-order chi connectivity index (χ0) is 14.3. The van der Waals surface area contributed by atoms with Crippen molar-refractivity contribution in [1.82, 2.24) is 10.6 Å². The number of alkyl halides is 3. The summed E-state index contributed by atoms with van der Waals surface area (Å²) in [5, 5.41) is 14.1. The summed E-state index contributed by atoms with van der Waals surface area (Å²) in [6.07, 6.45) is -0.660. The van der Waals surface area contributed by atoms with Gasteiger partial charge < -0.3 is 15.7 Å². The van der Waals surface area contributed by atoms with Gasteiger partial charge in [0.25, 0.3) is 0 Å². The molecule has 0 bridgehead atoms. The summed E-state index contributed by atoms with van der Waals surface area (Å²) in [4.78, 5) is 11.5. The number of aliphatic hydroxyl groups excluding tert-OH is 1. The molecule has 112 valence electrons. The van der Waals surface area contributed by atoms with Crippen LogP contribution in [-0.4, -0.2) is 36.5 Å². The lowest BCUT2D eigenvalue weighted by molar-refractivity contribution is -0.132. The topological polar surface area (TPSA) is 61.4 Å². The van der Waals surface area contributed by atoms with Crippen LogP contribution in [0.4, 0.5) is 18.0 Å². The number of urea groups is 1. The van der Waals surface area contributed by atoms with Crippen molar-refractivity contribution in [2.24, 2.45) is 5.92 Å². The van der Waals surface area contributed by atoms with Crippen LogP contribution >= 0.6 is 0 Å². The van der Waals surface area contributed by atoms with Crippen LogP contribution in [0.5, 0.6) is 0 Å². The average Bonchev–Trinajstić information content (AvgIpc) is 2.52. The molecular weight excluding hydrogens is 261 g/mol. The van der Waals surface area contributed by atoms with Gasteiger partial charge in [0.2, 0.25) is 0 Å². The Bertz CT molecular complexity index is 285. The van der Waals surface area contributed by atoms with E-state index in [9.17, 15) is 23.1 Å². The van der Waals surface area contributed by atoms with Crippen LogP contribution in [0.25, 0.3) is 0 Å². The molecule has 0 aromatic carbocycles. The summed E-state index contributed by atoms with van der Waals surface area (Å²) in [5.41, 5.74) is 0. The fourth-order valence-electron chi connectivity index (χ4n) is 2.33. The number of amides is 2. The summed E-state index contributed by atoms with van der Waals surface area (Å²) in [5.74, 6) is -0.00383. The van der Waals surface area contributed by atoms with E-state index in [1.807, 2.05) is 0 Å².